The number of hydrogen-bond donors (Lipinski definition) is 0. The van der Waals surface area contributed by atoms with Crippen LogP contribution >= 0.6 is 0 Å². The zero-order chi connectivity index (χ0) is 12.4. The molecule has 0 N–H and O–H groups in total. The molecule has 0 nitrogen and oxygen atoms in total. The van der Waals surface area contributed by atoms with Crippen LogP contribution in [0.15, 0.2) is 59.8 Å². The van der Waals surface area contributed by atoms with Gasteiger partial charge in [0.15, 0.2) is 0 Å². The Morgan fingerprint density at radius 2 is 1.81 bits per heavy atom. The zero-order valence-corrected chi connectivity index (χ0v) is 11.1. The molecule has 0 spiro atoms. The van der Waals surface area contributed by atoms with Gasteiger partial charge in [0.25, 0.3) is 0 Å². The fraction of sp³-hybridized carbons (Fsp3) is 0.375. The van der Waals surface area contributed by atoms with Crippen LogP contribution < -0.4 is 0 Å². The fourth-order valence-corrected chi connectivity index (χ4v) is 1.46. The summed E-state index contributed by atoms with van der Waals surface area (Å²) in [6.45, 7) is 12.3. The molecular weight excluding hydrogens is 192 g/mol. The maximum absolute atomic E-state index is 3.82. The van der Waals surface area contributed by atoms with Crippen LogP contribution in [0.1, 0.15) is 40.5 Å². The van der Waals surface area contributed by atoms with Crippen molar-refractivity contribution >= 4 is 0 Å². The smallest absolute Gasteiger partial charge is 0.0130 e. The molecule has 0 aliphatic rings. The van der Waals surface area contributed by atoms with Crippen LogP contribution in [0.25, 0.3) is 0 Å². The molecule has 0 atom stereocenters. The Morgan fingerprint density at radius 3 is 2.31 bits per heavy atom. The van der Waals surface area contributed by atoms with Crippen LogP contribution in [-0.2, 0) is 0 Å². The zero-order valence-electron chi connectivity index (χ0n) is 11.1. The van der Waals surface area contributed by atoms with Gasteiger partial charge in [-0.3, -0.25) is 0 Å². The van der Waals surface area contributed by atoms with E-state index < -0.39 is 0 Å². The lowest BCUT2D eigenvalue weighted by Gasteiger charge is -2.03. The van der Waals surface area contributed by atoms with E-state index >= 15 is 0 Å². The van der Waals surface area contributed by atoms with E-state index in [0.29, 0.717) is 0 Å². The second-order valence-electron chi connectivity index (χ2n) is 3.98. The first-order valence-electron chi connectivity index (χ1n) is 5.91. The van der Waals surface area contributed by atoms with E-state index in [0.717, 1.165) is 18.4 Å². The normalized spacial score (nSPS) is 14.0. The third-order valence-electron chi connectivity index (χ3n) is 2.39. The third kappa shape index (κ3) is 7.05. The van der Waals surface area contributed by atoms with E-state index in [4.69, 9.17) is 0 Å². The SMILES string of the molecule is C=C(C)/C=C\C=C/C/C(CC)=C(C)/C=C\C. The van der Waals surface area contributed by atoms with Crippen LogP contribution in [0.4, 0.5) is 0 Å². The summed E-state index contributed by atoms with van der Waals surface area (Å²) in [7, 11) is 0. The van der Waals surface area contributed by atoms with Gasteiger partial charge in [0.1, 0.15) is 0 Å². The average Bonchev–Trinajstić information content (AvgIpc) is 2.23. The molecule has 0 heteroatoms. The summed E-state index contributed by atoms with van der Waals surface area (Å²) < 4.78 is 0. The predicted molar refractivity (Wildman–Crippen MR) is 75.5 cm³/mol. The molecule has 0 rings (SSSR count). The quantitative estimate of drug-likeness (QED) is 0.524. The van der Waals surface area contributed by atoms with Gasteiger partial charge in [0.2, 0.25) is 0 Å². The minimum atomic E-state index is 1.03. The van der Waals surface area contributed by atoms with Gasteiger partial charge >= 0.3 is 0 Å². The Bertz CT molecular complexity index is 322. The number of hydrogen-bond acceptors (Lipinski definition) is 0. The molecule has 0 aliphatic carbocycles. The first-order chi connectivity index (χ1) is 7.61. The highest BCUT2D eigenvalue weighted by Crippen LogP contribution is 2.14. The van der Waals surface area contributed by atoms with Gasteiger partial charge in [-0.15, -0.1) is 0 Å². The lowest BCUT2D eigenvalue weighted by molar-refractivity contribution is 1.01. The Balaban J connectivity index is 4.36. The molecule has 88 valence electrons. The van der Waals surface area contributed by atoms with Gasteiger partial charge in [0.05, 0.1) is 0 Å². The van der Waals surface area contributed by atoms with Crippen LogP contribution in [0, 0.1) is 0 Å². The van der Waals surface area contributed by atoms with Crippen molar-refractivity contribution in [1.82, 2.24) is 0 Å². The van der Waals surface area contributed by atoms with E-state index in [1.165, 1.54) is 11.1 Å². The summed E-state index contributed by atoms with van der Waals surface area (Å²) in [5.41, 5.74) is 3.97. The predicted octanol–water partition coefficient (Wildman–Crippen LogP) is 5.37. The maximum atomic E-state index is 3.82. The molecule has 0 heterocycles. The van der Waals surface area contributed by atoms with E-state index in [9.17, 15) is 0 Å². The van der Waals surface area contributed by atoms with Crippen LogP contribution in [-0.4, -0.2) is 0 Å². The molecule has 0 aliphatic heterocycles. The fourth-order valence-electron chi connectivity index (χ4n) is 1.46. The summed E-state index contributed by atoms with van der Waals surface area (Å²) in [5, 5.41) is 0. The molecule has 0 unspecified atom stereocenters. The molecule has 16 heavy (non-hydrogen) atoms. The molecule has 0 saturated heterocycles. The molecule has 0 amide bonds. The van der Waals surface area contributed by atoms with Gasteiger partial charge in [-0.1, -0.05) is 66.7 Å². The Morgan fingerprint density at radius 1 is 1.12 bits per heavy atom. The molecule has 0 aromatic heterocycles. The molecular formula is C16H24. The van der Waals surface area contributed by atoms with Crippen molar-refractivity contribution in [1.29, 1.82) is 0 Å². The highest BCUT2D eigenvalue weighted by molar-refractivity contribution is 5.26. The molecule has 0 radical (unpaired) electrons. The molecule has 0 aromatic carbocycles. The minimum Gasteiger partial charge on any atom is -0.0961 e. The molecule has 0 saturated carbocycles. The van der Waals surface area contributed by atoms with Gasteiger partial charge in [-0.05, 0) is 33.6 Å². The first kappa shape index (κ1) is 14.7. The second-order valence-corrected chi connectivity index (χ2v) is 3.98. The van der Waals surface area contributed by atoms with Crippen molar-refractivity contribution in [3.8, 4) is 0 Å². The van der Waals surface area contributed by atoms with Gasteiger partial charge in [0, 0.05) is 0 Å². The summed E-state index contributed by atoms with van der Waals surface area (Å²) in [6.07, 6.45) is 14.8. The summed E-state index contributed by atoms with van der Waals surface area (Å²) in [6, 6.07) is 0. The summed E-state index contributed by atoms with van der Waals surface area (Å²) in [5.74, 6) is 0. The number of allylic oxidation sites excluding steroid dienone is 9. The monoisotopic (exact) mass is 216 g/mol. The van der Waals surface area contributed by atoms with Crippen LogP contribution in [0.5, 0.6) is 0 Å². The molecule has 0 aromatic rings. The van der Waals surface area contributed by atoms with Crippen molar-refractivity contribution in [3.05, 3.63) is 59.8 Å². The van der Waals surface area contributed by atoms with Crippen molar-refractivity contribution in [3.63, 3.8) is 0 Å². The summed E-state index contributed by atoms with van der Waals surface area (Å²) >= 11 is 0. The third-order valence-corrected chi connectivity index (χ3v) is 2.39. The standard InChI is InChI=1S/C16H24/c1-6-11-15(5)16(7-2)13-10-8-9-12-14(3)4/h6,8-12H,3,7,13H2,1-2,4-5H3/b10-8-,11-6-,12-9-,16-15+. The first-order valence-corrected chi connectivity index (χ1v) is 5.91. The Labute approximate surface area is 101 Å². The topological polar surface area (TPSA) is 0 Å². The maximum Gasteiger partial charge on any atom is -0.0130 e. The van der Waals surface area contributed by atoms with E-state index in [2.05, 4.69) is 51.7 Å². The van der Waals surface area contributed by atoms with Gasteiger partial charge < -0.3 is 0 Å². The minimum absolute atomic E-state index is 1.03. The van der Waals surface area contributed by atoms with Crippen molar-refractivity contribution in [2.75, 3.05) is 0 Å². The Hall–Kier alpha value is -1.30. The lowest BCUT2D eigenvalue weighted by Crippen LogP contribution is -1.83. The highest BCUT2D eigenvalue weighted by atomic mass is 14.0. The molecule has 0 fully saturated rings. The summed E-state index contributed by atoms with van der Waals surface area (Å²) in [4.78, 5) is 0. The largest absolute Gasteiger partial charge is 0.0961 e. The van der Waals surface area contributed by atoms with Crippen LogP contribution in [0.3, 0.4) is 0 Å². The van der Waals surface area contributed by atoms with Gasteiger partial charge in [-0.25, -0.2) is 0 Å². The van der Waals surface area contributed by atoms with Gasteiger partial charge in [-0.2, -0.15) is 0 Å². The highest BCUT2D eigenvalue weighted by Gasteiger charge is 1.94. The number of rotatable bonds is 6. The average molecular weight is 216 g/mol. The molecule has 0 bridgehead atoms. The van der Waals surface area contributed by atoms with E-state index in [1.807, 2.05) is 19.1 Å². The second kappa shape index (κ2) is 8.96. The van der Waals surface area contributed by atoms with E-state index in [1.54, 1.807) is 0 Å². The lowest BCUT2D eigenvalue weighted by atomic mass is 10.0. The van der Waals surface area contributed by atoms with Crippen molar-refractivity contribution in [2.45, 2.75) is 40.5 Å². The van der Waals surface area contributed by atoms with Crippen LogP contribution in [0.2, 0.25) is 0 Å². The van der Waals surface area contributed by atoms with E-state index in [-0.39, 0.29) is 0 Å². The van der Waals surface area contributed by atoms with Crippen molar-refractivity contribution < 1.29 is 0 Å². The van der Waals surface area contributed by atoms with Crippen molar-refractivity contribution in [2.24, 2.45) is 0 Å². The Kier molecular flexibility index (Phi) is 8.24.